The molecular weight excluding hydrogens is 304 g/mol. The molecule has 0 spiro atoms. The van der Waals surface area contributed by atoms with Gasteiger partial charge in [-0.1, -0.05) is 0 Å². The van der Waals surface area contributed by atoms with Gasteiger partial charge >= 0.3 is 0 Å². The largest absolute Gasteiger partial charge is 0.486 e. The number of hydrogen-bond acceptors (Lipinski definition) is 6. The van der Waals surface area contributed by atoms with Crippen LogP contribution in [0.1, 0.15) is 10.4 Å². The summed E-state index contributed by atoms with van der Waals surface area (Å²) < 4.78 is 11.8. The van der Waals surface area contributed by atoms with Crippen LogP contribution in [-0.4, -0.2) is 28.5 Å². The fourth-order valence-electron chi connectivity index (χ4n) is 2.21. The molecule has 23 heavy (non-hydrogen) atoms. The Kier molecular flexibility index (Phi) is 3.80. The number of rotatable bonds is 4. The third-order valence-electron chi connectivity index (χ3n) is 3.36. The zero-order chi connectivity index (χ0) is 16.4. The summed E-state index contributed by atoms with van der Waals surface area (Å²) in [4.78, 5) is 34.2. The number of carbonyl (C=O) groups is 1. The maximum Gasteiger partial charge on any atom is 0.285 e. The summed E-state index contributed by atoms with van der Waals surface area (Å²) >= 11 is 0. The van der Waals surface area contributed by atoms with Crippen molar-refractivity contribution < 1.29 is 19.2 Å². The van der Waals surface area contributed by atoms with E-state index >= 15 is 0 Å². The first-order valence-electron chi connectivity index (χ1n) is 6.82. The minimum absolute atomic E-state index is 0.250. The number of aromatic nitrogens is 1. The van der Waals surface area contributed by atoms with E-state index in [0.717, 1.165) is 22.9 Å². The third kappa shape index (κ3) is 3.05. The lowest BCUT2D eigenvalue weighted by molar-refractivity contribution is -0.385. The molecule has 0 amide bonds. The van der Waals surface area contributed by atoms with Gasteiger partial charge in [-0.15, -0.1) is 0 Å². The molecule has 0 fully saturated rings. The van der Waals surface area contributed by atoms with E-state index in [2.05, 4.69) is 0 Å². The normalized spacial score (nSPS) is 12.7. The predicted molar refractivity (Wildman–Crippen MR) is 79.1 cm³/mol. The first-order chi connectivity index (χ1) is 11.0. The molecule has 1 aromatic heterocycles. The van der Waals surface area contributed by atoms with Crippen LogP contribution >= 0.6 is 0 Å². The molecule has 0 radical (unpaired) electrons. The van der Waals surface area contributed by atoms with E-state index in [1.807, 2.05) is 0 Å². The Labute approximate surface area is 130 Å². The van der Waals surface area contributed by atoms with Crippen molar-refractivity contribution in [1.82, 2.24) is 4.57 Å². The predicted octanol–water partition coefficient (Wildman–Crippen LogP) is 1.41. The fraction of sp³-hybridized carbons (Fsp3) is 0.200. The van der Waals surface area contributed by atoms with Gasteiger partial charge in [-0.3, -0.25) is 19.7 Å². The van der Waals surface area contributed by atoms with Crippen LogP contribution in [0.2, 0.25) is 0 Å². The van der Waals surface area contributed by atoms with Crippen LogP contribution in [0, 0.1) is 10.1 Å². The van der Waals surface area contributed by atoms with E-state index in [9.17, 15) is 19.7 Å². The molecule has 0 atom stereocenters. The number of benzene rings is 1. The maximum atomic E-state index is 12.3. The van der Waals surface area contributed by atoms with E-state index in [-0.39, 0.29) is 18.0 Å². The van der Waals surface area contributed by atoms with Crippen molar-refractivity contribution in [2.45, 2.75) is 6.54 Å². The van der Waals surface area contributed by atoms with E-state index < -0.39 is 10.5 Å². The molecule has 0 saturated carbocycles. The Hall–Kier alpha value is -3.16. The standard InChI is InChI=1S/C15H12N2O6/c18-12(9-16-8-11(17(20)21)2-4-15(16)19)10-1-3-13-14(7-10)23-6-5-22-13/h1-4,7-8H,5-6,9H2. The summed E-state index contributed by atoms with van der Waals surface area (Å²) in [6.07, 6.45) is 1.05. The quantitative estimate of drug-likeness (QED) is 0.480. The van der Waals surface area contributed by atoms with Gasteiger partial charge in [-0.2, -0.15) is 0 Å². The number of fused-ring (bicyclic) bond motifs is 1. The van der Waals surface area contributed by atoms with Gasteiger partial charge in [0.1, 0.15) is 13.2 Å². The molecule has 8 heteroatoms. The molecule has 0 N–H and O–H groups in total. The minimum atomic E-state index is -0.621. The Morgan fingerprint density at radius 2 is 1.91 bits per heavy atom. The summed E-state index contributed by atoms with van der Waals surface area (Å²) in [7, 11) is 0. The molecule has 2 heterocycles. The van der Waals surface area contributed by atoms with Gasteiger partial charge in [0, 0.05) is 17.7 Å². The number of ether oxygens (including phenoxy) is 2. The minimum Gasteiger partial charge on any atom is -0.486 e. The number of pyridine rings is 1. The average molecular weight is 316 g/mol. The molecule has 1 aliphatic heterocycles. The van der Waals surface area contributed by atoms with Crippen molar-refractivity contribution in [3.63, 3.8) is 0 Å². The van der Waals surface area contributed by atoms with E-state index in [0.29, 0.717) is 30.3 Å². The summed E-state index contributed by atoms with van der Waals surface area (Å²) in [5, 5.41) is 10.8. The fourth-order valence-corrected chi connectivity index (χ4v) is 2.21. The molecule has 1 aromatic carbocycles. The zero-order valence-corrected chi connectivity index (χ0v) is 11.9. The Morgan fingerprint density at radius 1 is 1.17 bits per heavy atom. The number of Topliss-reactive ketones (excluding diaryl/α,β-unsaturated/α-hetero) is 1. The monoisotopic (exact) mass is 316 g/mol. The van der Waals surface area contributed by atoms with E-state index in [4.69, 9.17) is 9.47 Å². The van der Waals surface area contributed by atoms with Crippen LogP contribution in [0.4, 0.5) is 5.69 Å². The number of carbonyl (C=O) groups excluding carboxylic acids is 1. The zero-order valence-electron chi connectivity index (χ0n) is 11.9. The highest BCUT2D eigenvalue weighted by atomic mass is 16.6. The van der Waals surface area contributed by atoms with Crippen LogP contribution in [0.25, 0.3) is 0 Å². The van der Waals surface area contributed by atoms with Crippen molar-refractivity contribution in [2.75, 3.05) is 13.2 Å². The average Bonchev–Trinajstić information content (AvgIpc) is 2.56. The van der Waals surface area contributed by atoms with Crippen molar-refractivity contribution in [2.24, 2.45) is 0 Å². The summed E-state index contributed by atoms with van der Waals surface area (Å²) in [5.74, 6) is 0.665. The highest BCUT2D eigenvalue weighted by molar-refractivity contribution is 5.96. The molecule has 1 aliphatic rings. The van der Waals surface area contributed by atoms with Gasteiger partial charge in [-0.25, -0.2) is 0 Å². The molecule has 0 saturated heterocycles. The van der Waals surface area contributed by atoms with Crippen LogP contribution in [0.5, 0.6) is 11.5 Å². The Morgan fingerprint density at radius 3 is 2.65 bits per heavy atom. The Balaban J connectivity index is 1.86. The number of nitrogens with zero attached hydrogens (tertiary/aromatic N) is 2. The molecule has 0 aliphatic carbocycles. The third-order valence-corrected chi connectivity index (χ3v) is 3.36. The Bertz CT molecular complexity index is 842. The first kappa shape index (κ1) is 14.8. The van der Waals surface area contributed by atoms with Gasteiger partial charge in [-0.05, 0) is 18.2 Å². The summed E-state index contributed by atoms with van der Waals surface area (Å²) in [5.41, 5.74) is -0.395. The van der Waals surface area contributed by atoms with Crippen molar-refractivity contribution in [1.29, 1.82) is 0 Å². The highest BCUT2D eigenvalue weighted by Gasteiger charge is 2.16. The molecule has 0 bridgehead atoms. The van der Waals surface area contributed by atoms with Crippen LogP contribution in [-0.2, 0) is 6.54 Å². The molecule has 3 rings (SSSR count). The molecular formula is C15H12N2O6. The van der Waals surface area contributed by atoms with Gasteiger partial charge in [0.2, 0.25) is 0 Å². The van der Waals surface area contributed by atoms with Crippen LogP contribution < -0.4 is 15.0 Å². The van der Waals surface area contributed by atoms with Gasteiger partial charge in [0.15, 0.2) is 17.3 Å². The molecule has 2 aromatic rings. The summed E-state index contributed by atoms with van der Waals surface area (Å²) in [6, 6.07) is 6.90. The lowest BCUT2D eigenvalue weighted by atomic mass is 10.1. The molecule has 8 nitrogen and oxygen atoms in total. The van der Waals surface area contributed by atoms with Gasteiger partial charge < -0.3 is 14.0 Å². The SMILES string of the molecule is O=C(Cn1cc([N+](=O)[O-])ccc1=O)c1ccc2c(c1)OCCO2. The van der Waals surface area contributed by atoms with Crippen LogP contribution in [0.3, 0.4) is 0 Å². The van der Waals surface area contributed by atoms with Crippen molar-refractivity contribution >= 4 is 11.5 Å². The van der Waals surface area contributed by atoms with E-state index in [1.165, 1.54) is 0 Å². The number of ketones is 1. The maximum absolute atomic E-state index is 12.3. The first-order valence-corrected chi connectivity index (χ1v) is 6.82. The van der Waals surface area contributed by atoms with Crippen molar-refractivity contribution in [3.8, 4) is 11.5 Å². The second-order valence-electron chi connectivity index (χ2n) is 4.89. The van der Waals surface area contributed by atoms with Gasteiger partial charge in [0.25, 0.3) is 11.2 Å². The second kappa shape index (κ2) is 5.91. The smallest absolute Gasteiger partial charge is 0.285 e. The lowest BCUT2D eigenvalue weighted by Crippen LogP contribution is -2.23. The lowest BCUT2D eigenvalue weighted by Gasteiger charge is -2.18. The molecule has 118 valence electrons. The van der Waals surface area contributed by atoms with E-state index in [1.54, 1.807) is 18.2 Å². The van der Waals surface area contributed by atoms with Gasteiger partial charge in [0.05, 0.1) is 17.7 Å². The second-order valence-corrected chi connectivity index (χ2v) is 4.89. The van der Waals surface area contributed by atoms with Crippen LogP contribution in [0.15, 0.2) is 41.3 Å². The van der Waals surface area contributed by atoms with Crippen molar-refractivity contribution in [3.05, 3.63) is 62.6 Å². The molecule has 0 unspecified atom stereocenters. The number of nitro groups is 1. The summed E-state index contributed by atoms with van der Waals surface area (Å²) in [6.45, 7) is 0.554. The number of hydrogen-bond donors (Lipinski definition) is 0. The highest BCUT2D eigenvalue weighted by Crippen LogP contribution is 2.30. The topological polar surface area (TPSA) is 101 Å².